The van der Waals surface area contributed by atoms with Crippen molar-refractivity contribution in [3.63, 3.8) is 0 Å². The molecule has 1 aromatic heterocycles. The van der Waals surface area contributed by atoms with E-state index in [1.807, 2.05) is 11.0 Å². The lowest BCUT2D eigenvalue weighted by molar-refractivity contribution is -0.136. The van der Waals surface area contributed by atoms with Crippen LogP contribution in [0, 0.1) is 5.92 Å². The molecule has 4 rings (SSSR count). The lowest BCUT2D eigenvalue weighted by Crippen LogP contribution is -2.55. The fourth-order valence-electron chi connectivity index (χ4n) is 4.97. The van der Waals surface area contributed by atoms with Gasteiger partial charge in [-0.05, 0) is 45.5 Å². The molecular weight excluding hydrogens is 344 g/mol. The van der Waals surface area contributed by atoms with E-state index in [1.54, 1.807) is 17.6 Å². The summed E-state index contributed by atoms with van der Waals surface area (Å²) in [5.74, 6) is 0.0549. The first-order valence-corrected chi connectivity index (χ1v) is 9.90. The van der Waals surface area contributed by atoms with Crippen molar-refractivity contribution in [1.29, 1.82) is 0 Å². The molecule has 7 nitrogen and oxygen atoms in total. The van der Waals surface area contributed by atoms with Gasteiger partial charge in [0, 0.05) is 49.7 Å². The van der Waals surface area contributed by atoms with Crippen LogP contribution in [0.2, 0.25) is 0 Å². The standard InChI is InChI=1S/C20H28N4O3/c1-13(25)23-11-14-10-15(12-23)19(24-17(14)4-3-5-18(24)26)20(27)21-16-6-8-22(2)9-7-16/h3-5,14-16,19H,6-12H2,1-2H3,(H,21,27)/t14-,15+,19-/m1/s1. The van der Waals surface area contributed by atoms with Crippen LogP contribution < -0.4 is 10.9 Å². The number of pyridine rings is 1. The first-order chi connectivity index (χ1) is 12.9. The minimum absolute atomic E-state index is 0.0217. The van der Waals surface area contributed by atoms with Crippen molar-refractivity contribution in [1.82, 2.24) is 19.7 Å². The van der Waals surface area contributed by atoms with E-state index in [0.717, 1.165) is 38.0 Å². The van der Waals surface area contributed by atoms with Gasteiger partial charge in [-0.15, -0.1) is 0 Å². The van der Waals surface area contributed by atoms with Gasteiger partial charge in [0.2, 0.25) is 11.8 Å². The van der Waals surface area contributed by atoms with E-state index < -0.39 is 6.04 Å². The molecule has 1 aromatic rings. The molecule has 4 heterocycles. The van der Waals surface area contributed by atoms with Crippen LogP contribution in [0.3, 0.4) is 0 Å². The van der Waals surface area contributed by atoms with E-state index >= 15 is 0 Å². The normalized spacial score (nSPS) is 28.5. The van der Waals surface area contributed by atoms with Crippen molar-refractivity contribution >= 4 is 11.8 Å². The summed E-state index contributed by atoms with van der Waals surface area (Å²) in [4.78, 5) is 42.0. The number of rotatable bonds is 2. The Kier molecular flexibility index (Phi) is 4.80. The second-order valence-corrected chi connectivity index (χ2v) is 8.31. The molecule has 146 valence electrons. The molecule has 0 unspecified atom stereocenters. The second kappa shape index (κ2) is 7.11. The molecule has 1 N–H and O–H groups in total. The van der Waals surface area contributed by atoms with Crippen LogP contribution in [0.5, 0.6) is 0 Å². The summed E-state index contributed by atoms with van der Waals surface area (Å²) in [6, 6.07) is 4.84. The molecule has 0 aromatic carbocycles. The molecule has 27 heavy (non-hydrogen) atoms. The molecule has 3 aliphatic rings. The summed E-state index contributed by atoms with van der Waals surface area (Å²) in [6.45, 7) is 4.68. The zero-order valence-electron chi connectivity index (χ0n) is 16.1. The Hall–Kier alpha value is -2.15. The highest BCUT2D eigenvalue weighted by atomic mass is 16.2. The van der Waals surface area contributed by atoms with Gasteiger partial charge in [0.25, 0.3) is 5.56 Å². The molecule has 0 aliphatic carbocycles. The topological polar surface area (TPSA) is 74.7 Å². The first-order valence-electron chi connectivity index (χ1n) is 9.90. The van der Waals surface area contributed by atoms with Gasteiger partial charge in [-0.3, -0.25) is 19.0 Å². The zero-order valence-corrected chi connectivity index (χ0v) is 16.1. The molecule has 3 atom stereocenters. The minimum Gasteiger partial charge on any atom is -0.351 e. The number of aromatic nitrogens is 1. The van der Waals surface area contributed by atoms with Crippen molar-refractivity contribution in [2.75, 3.05) is 33.2 Å². The zero-order chi connectivity index (χ0) is 19.1. The number of nitrogens with zero attached hydrogens (tertiary/aromatic N) is 3. The average Bonchev–Trinajstić information content (AvgIpc) is 2.64. The monoisotopic (exact) mass is 372 g/mol. The number of carbonyl (C=O) groups excluding carboxylic acids is 2. The Balaban J connectivity index is 1.64. The maximum atomic E-state index is 13.3. The first kappa shape index (κ1) is 18.2. The van der Waals surface area contributed by atoms with Crippen LogP contribution in [0.15, 0.2) is 23.0 Å². The number of amides is 2. The summed E-state index contributed by atoms with van der Waals surface area (Å²) >= 11 is 0. The number of fused-ring (bicyclic) bond motifs is 4. The number of hydrogen-bond donors (Lipinski definition) is 1. The molecule has 0 radical (unpaired) electrons. The van der Waals surface area contributed by atoms with E-state index in [2.05, 4.69) is 17.3 Å². The Morgan fingerprint density at radius 1 is 1.15 bits per heavy atom. The minimum atomic E-state index is -0.535. The van der Waals surface area contributed by atoms with Crippen LogP contribution >= 0.6 is 0 Å². The molecular formula is C20H28N4O3. The summed E-state index contributed by atoms with van der Waals surface area (Å²) in [5, 5.41) is 3.20. The molecule has 2 amide bonds. The van der Waals surface area contributed by atoms with Crippen molar-refractivity contribution < 1.29 is 9.59 Å². The Bertz CT molecular complexity index is 797. The maximum Gasteiger partial charge on any atom is 0.251 e. The molecule has 2 saturated heterocycles. The predicted molar refractivity (Wildman–Crippen MR) is 102 cm³/mol. The largest absolute Gasteiger partial charge is 0.351 e. The van der Waals surface area contributed by atoms with Crippen LogP contribution in [0.1, 0.15) is 43.8 Å². The van der Waals surface area contributed by atoms with Crippen LogP contribution in [-0.2, 0) is 9.59 Å². The number of carbonyl (C=O) groups is 2. The third-order valence-electron chi connectivity index (χ3n) is 6.43. The van der Waals surface area contributed by atoms with Gasteiger partial charge in [0.05, 0.1) is 0 Å². The third-order valence-corrected chi connectivity index (χ3v) is 6.43. The molecule has 3 aliphatic heterocycles. The van der Waals surface area contributed by atoms with Gasteiger partial charge in [-0.2, -0.15) is 0 Å². The van der Waals surface area contributed by atoms with Crippen LogP contribution in [-0.4, -0.2) is 65.4 Å². The predicted octanol–water partition coefficient (Wildman–Crippen LogP) is 0.565. The van der Waals surface area contributed by atoms with Crippen molar-refractivity contribution in [3.05, 3.63) is 34.2 Å². The highest BCUT2D eigenvalue weighted by molar-refractivity contribution is 5.82. The van der Waals surface area contributed by atoms with Crippen LogP contribution in [0.4, 0.5) is 0 Å². The van der Waals surface area contributed by atoms with E-state index in [9.17, 15) is 14.4 Å². The lowest BCUT2D eigenvalue weighted by Gasteiger charge is -2.46. The van der Waals surface area contributed by atoms with E-state index in [0.29, 0.717) is 13.1 Å². The Morgan fingerprint density at radius 2 is 1.89 bits per heavy atom. The summed E-state index contributed by atoms with van der Waals surface area (Å²) in [6.07, 6.45) is 2.70. The SMILES string of the molecule is CC(=O)N1C[C@H]2C[C@@H](C1)[C@H](C(=O)NC1CCN(C)CC1)n1c2cccc1=O. The van der Waals surface area contributed by atoms with Gasteiger partial charge in [0.1, 0.15) is 6.04 Å². The summed E-state index contributed by atoms with van der Waals surface area (Å²) in [7, 11) is 2.09. The van der Waals surface area contributed by atoms with Gasteiger partial charge in [0.15, 0.2) is 0 Å². The van der Waals surface area contributed by atoms with Gasteiger partial charge in [-0.1, -0.05) is 6.07 Å². The Labute approximate surface area is 159 Å². The van der Waals surface area contributed by atoms with E-state index in [4.69, 9.17) is 0 Å². The van der Waals surface area contributed by atoms with Crippen LogP contribution in [0.25, 0.3) is 0 Å². The number of nitrogens with one attached hydrogen (secondary N) is 1. The summed E-state index contributed by atoms with van der Waals surface area (Å²) in [5.41, 5.74) is 0.759. The third kappa shape index (κ3) is 3.40. The second-order valence-electron chi connectivity index (χ2n) is 8.31. The van der Waals surface area contributed by atoms with Crippen molar-refractivity contribution in [3.8, 4) is 0 Å². The summed E-state index contributed by atoms with van der Waals surface area (Å²) < 4.78 is 1.70. The molecule has 0 spiro atoms. The van der Waals surface area contributed by atoms with E-state index in [-0.39, 0.29) is 35.3 Å². The highest BCUT2D eigenvalue weighted by Gasteiger charge is 2.44. The van der Waals surface area contributed by atoms with Crippen molar-refractivity contribution in [2.45, 2.75) is 44.2 Å². The average molecular weight is 372 g/mol. The molecule has 7 heteroatoms. The van der Waals surface area contributed by atoms with Crippen molar-refractivity contribution in [2.24, 2.45) is 5.92 Å². The Morgan fingerprint density at radius 3 is 2.59 bits per heavy atom. The van der Waals surface area contributed by atoms with E-state index in [1.165, 1.54) is 6.07 Å². The lowest BCUT2D eigenvalue weighted by atomic mass is 9.78. The van der Waals surface area contributed by atoms with Gasteiger partial charge < -0.3 is 15.1 Å². The van der Waals surface area contributed by atoms with Gasteiger partial charge in [-0.25, -0.2) is 0 Å². The smallest absolute Gasteiger partial charge is 0.251 e. The quantitative estimate of drug-likeness (QED) is 0.824. The highest BCUT2D eigenvalue weighted by Crippen LogP contribution is 2.41. The number of likely N-dealkylation sites (tertiary alicyclic amines) is 2. The molecule has 2 fully saturated rings. The molecule has 0 saturated carbocycles. The fourth-order valence-corrected chi connectivity index (χ4v) is 4.97. The fraction of sp³-hybridized carbons (Fsp3) is 0.650. The number of hydrogen-bond acceptors (Lipinski definition) is 4. The molecule has 2 bridgehead atoms. The van der Waals surface area contributed by atoms with Gasteiger partial charge >= 0.3 is 0 Å². The maximum absolute atomic E-state index is 13.3. The number of piperidine rings is 2.